The smallest absolute Gasteiger partial charge is 0.266 e. The number of unbranched alkanes of at least 4 members (excludes halogenated alkanes) is 9. The summed E-state index contributed by atoms with van der Waals surface area (Å²) < 4.78 is 28.8. The molecular weight excluding hydrogens is 454 g/mol. The molecule has 0 aromatic heterocycles. The van der Waals surface area contributed by atoms with Crippen molar-refractivity contribution in [2.45, 2.75) is 76.0 Å². The monoisotopic (exact) mass is 484 g/mol. The fourth-order valence-corrected chi connectivity index (χ4v) is 3.38. The van der Waals surface area contributed by atoms with Crippen LogP contribution in [0.15, 0.2) is 35.2 Å². The van der Waals surface area contributed by atoms with Crippen LogP contribution < -0.4 is 0 Å². The van der Waals surface area contributed by atoms with Crippen molar-refractivity contribution >= 4 is 10.1 Å². The Morgan fingerprint density at radius 2 is 1.26 bits per heavy atom. The third kappa shape index (κ3) is 11.6. The minimum absolute atomic E-state index is 0. The maximum Gasteiger partial charge on any atom is 0.296 e. The second kappa shape index (κ2) is 14.8. The minimum Gasteiger partial charge on any atom is -0.266 e. The Labute approximate surface area is 174 Å². The Morgan fingerprint density at radius 3 is 1.78 bits per heavy atom. The molecule has 0 aliphatic rings. The van der Waals surface area contributed by atoms with Crippen molar-refractivity contribution in [2.24, 2.45) is 0 Å². The van der Waals surface area contributed by atoms with E-state index in [0.29, 0.717) is 0 Å². The van der Waals surface area contributed by atoms with Crippen molar-refractivity contribution < 1.29 is 52.5 Å². The summed E-state index contributed by atoms with van der Waals surface area (Å²) in [5, 5.41) is 0. The molecule has 5 heteroatoms. The van der Waals surface area contributed by atoms with Gasteiger partial charge in [0.05, 0.1) is 11.5 Å². The van der Waals surface area contributed by atoms with Crippen LogP contribution in [0.2, 0.25) is 0 Å². The van der Waals surface area contributed by atoms with Gasteiger partial charge in [0.2, 0.25) is 0 Å². The summed E-state index contributed by atoms with van der Waals surface area (Å²) in [5.74, 6) is 0. The third-order valence-corrected chi connectivity index (χ3v) is 5.09. The van der Waals surface area contributed by atoms with E-state index in [1.807, 2.05) is 0 Å². The van der Waals surface area contributed by atoms with E-state index in [0.717, 1.165) is 12.8 Å². The molecule has 1 aromatic carbocycles. The number of hydrogen-bond donors (Lipinski definition) is 0. The van der Waals surface area contributed by atoms with Gasteiger partial charge < -0.3 is 0 Å². The first-order chi connectivity index (χ1) is 10.7. The Morgan fingerprint density at radius 1 is 0.783 bits per heavy atom. The summed E-state index contributed by atoms with van der Waals surface area (Å²) in [5.41, 5.74) is 0. The summed E-state index contributed by atoms with van der Waals surface area (Å²) in [6, 6.07) is 8.33. The van der Waals surface area contributed by atoms with Crippen molar-refractivity contribution in [2.75, 3.05) is 6.61 Å². The zero-order valence-corrected chi connectivity index (χ0v) is 17.2. The van der Waals surface area contributed by atoms with Gasteiger partial charge in [-0.2, -0.15) is 8.42 Å². The molecule has 0 heterocycles. The van der Waals surface area contributed by atoms with Gasteiger partial charge in [0.15, 0.2) is 0 Å². The van der Waals surface area contributed by atoms with Crippen LogP contribution in [0.3, 0.4) is 0 Å². The Balaban J connectivity index is 0.00000484. The van der Waals surface area contributed by atoms with E-state index in [1.165, 1.54) is 51.4 Å². The molecule has 0 radical (unpaired) electrons. The molecule has 0 saturated carbocycles. The molecule has 1 rings (SSSR count). The first-order valence-electron chi connectivity index (χ1n) is 8.61. The van der Waals surface area contributed by atoms with Gasteiger partial charge in [0.25, 0.3) is 10.1 Å². The molecule has 0 spiro atoms. The summed E-state index contributed by atoms with van der Waals surface area (Å²) in [6.07, 6.45) is 12.3. The normalized spacial score (nSPS) is 11.2. The number of hydrogen-bond acceptors (Lipinski definition) is 3. The van der Waals surface area contributed by atoms with Gasteiger partial charge in [-0.05, 0) is 18.6 Å². The van der Waals surface area contributed by atoms with Crippen LogP contribution in [-0.4, -0.2) is 15.0 Å². The van der Waals surface area contributed by atoms with Crippen LogP contribution >= 0.6 is 0 Å². The molecule has 0 saturated heterocycles. The molecule has 0 unspecified atom stereocenters. The van der Waals surface area contributed by atoms with E-state index >= 15 is 0 Å². The van der Waals surface area contributed by atoms with Crippen molar-refractivity contribution in [3.63, 3.8) is 0 Å². The molecule has 0 amide bonds. The second-order valence-corrected chi connectivity index (χ2v) is 7.39. The quantitative estimate of drug-likeness (QED) is 0.282. The average molecular weight is 484 g/mol. The van der Waals surface area contributed by atoms with Gasteiger partial charge in [-0.1, -0.05) is 82.9 Å². The Bertz CT molecular complexity index is 474. The van der Waals surface area contributed by atoms with Crippen LogP contribution in [0.4, 0.5) is 0 Å². The summed E-state index contributed by atoms with van der Waals surface area (Å²) in [4.78, 5) is 0.238. The van der Waals surface area contributed by atoms with Crippen LogP contribution in [0.5, 0.6) is 0 Å². The molecule has 0 N–H and O–H groups in total. The molecule has 0 bridgehead atoms. The molecule has 0 fully saturated rings. The predicted molar refractivity (Wildman–Crippen MR) is 91.4 cm³/mol. The van der Waals surface area contributed by atoms with Crippen molar-refractivity contribution in [1.29, 1.82) is 0 Å². The average Bonchev–Trinajstić information content (AvgIpc) is 2.53. The van der Waals surface area contributed by atoms with Crippen LogP contribution in [0, 0.1) is 39.9 Å². The summed E-state index contributed by atoms with van der Waals surface area (Å²) in [7, 11) is -3.57. The third-order valence-electron chi connectivity index (χ3n) is 3.77. The molecule has 3 nitrogen and oxygen atoms in total. The molecular formula is C18H30GdO3S. The van der Waals surface area contributed by atoms with E-state index in [1.54, 1.807) is 30.3 Å². The SMILES string of the molecule is CCCCCCCCCCCCOS(=O)(=O)c1ccccc1.[Gd]. The van der Waals surface area contributed by atoms with E-state index < -0.39 is 10.1 Å². The van der Waals surface area contributed by atoms with Gasteiger partial charge in [-0.15, -0.1) is 0 Å². The molecule has 1 aromatic rings. The second-order valence-electron chi connectivity index (χ2n) is 5.77. The zero-order chi connectivity index (χ0) is 16.1. The van der Waals surface area contributed by atoms with E-state index in [2.05, 4.69) is 6.92 Å². The standard InChI is InChI=1S/C18H30O3S.Gd/c1-2-3-4-5-6-7-8-9-10-14-17-21-22(19,20)18-15-12-11-13-16-18;/h11-13,15-16H,2-10,14,17H2,1H3;. The minimum atomic E-state index is -3.57. The van der Waals surface area contributed by atoms with Gasteiger partial charge in [0.1, 0.15) is 0 Å². The number of benzene rings is 1. The fraction of sp³-hybridized carbons (Fsp3) is 0.667. The maximum atomic E-state index is 11.9. The van der Waals surface area contributed by atoms with Crippen molar-refractivity contribution in [3.05, 3.63) is 30.3 Å². The number of rotatable bonds is 13. The topological polar surface area (TPSA) is 43.4 Å². The van der Waals surface area contributed by atoms with Crippen LogP contribution in [0.25, 0.3) is 0 Å². The maximum absolute atomic E-state index is 11.9. The van der Waals surface area contributed by atoms with E-state index in [9.17, 15) is 8.42 Å². The molecule has 134 valence electrons. The van der Waals surface area contributed by atoms with Crippen molar-refractivity contribution in [3.8, 4) is 0 Å². The van der Waals surface area contributed by atoms with E-state index in [4.69, 9.17) is 4.18 Å². The van der Waals surface area contributed by atoms with E-state index in [-0.39, 0.29) is 51.4 Å². The van der Waals surface area contributed by atoms with Gasteiger partial charge in [-0.3, -0.25) is 4.18 Å². The van der Waals surface area contributed by atoms with Gasteiger partial charge in [0, 0.05) is 39.9 Å². The summed E-state index contributed by atoms with van der Waals surface area (Å²) in [6.45, 7) is 2.52. The molecule has 0 aliphatic heterocycles. The van der Waals surface area contributed by atoms with Gasteiger partial charge >= 0.3 is 0 Å². The first kappa shape index (κ1) is 23.5. The van der Waals surface area contributed by atoms with Gasteiger partial charge in [-0.25, -0.2) is 0 Å². The summed E-state index contributed by atoms with van der Waals surface area (Å²) >= 11 is 0. The van der Waals surface area contributed by atoms with Crippen LogP contribution in [-0.2, 0) is 14.3 Å². The molecule has 0 aliphatic carbocycles. The van der Waals surface area contributed by atoms with Crippen LogP contribution in [0.1, 0.15) is 71.1 Å². The molecule has 0 atom stereocenters. The van der Waals surface area contributed by atoms with Crippen molar-refractivity contribution in [1.82, 2.24) is 0 Å². The predicted octanol–water partition coefficient (Wildman–Crippen LogP) is 5.31. The largest absolute Gasteiger partial charge is 0.296 e. The zero-order valence-electron chi connectivity index (χ0n) is 14.2. The first-order valence-corrected chi connectivity index (χ1v) is 10.0. The fourth-order valence-electron chi connectivity index (χ4n) is 2.41. The Kier molecular flexibility index (Phi) is 15.1. The molecule has 23 heavy (non-hydrogen) atoms. The Hall–Kier alpha value is 0.455.